The zero-order valence-electron chi connectivity index (χ0n) is 21.5. The minimum absolute atomic E-state index is 0. The minimum atomic E-state index is 0. The molecule has 0 heterocycles. The van der Waals surface area contributed by atoms with Crippen LogP contribution in [-0.4, -0.2) is 31.2 Å². The van der Waals surface area contributed by atoms with Crippen molar-refractivity contribution in [2.24, 2.45) is 37.4 Å². The SMILES string of the molecule is O=NO.O=NO.O=NO.O=NO.O=NO.O=NO.O=N[O-].[C-]#N.[C-]#N.[C-]#N.[C-]#N.[C-]#N.[C-]#N.[C-]#N.[C-]#N.[C-]#N.[C-]#N.[C-]#N.[C-]#N.[Co].[Co].[Fe+6]. The molecule has 48 heavy (non-hydrogen) atoms. The van der Waals surface area contributed by atoms with Crippen molar-refractivity contribution in [2.45, 2.75) is 0 Å². The number of rotatable bonds is 0. The maximum absolute atomic E-state index is 8.11. The van der Waals surface area contributed by atoms with Crippen LogP contribution < -0.4 is 0 Å². The van der Waals surface area contributed by atoms with Crippen molar-refractivity contribution in [3.05, 3.63) is 118 Å². The quantitative estimate of drug-likeness (QED) is 0.0883. The standard InChI is InChI=1S/12CN.2Co.Fe.7HNO2/c12*1-2;;;;7*2-1-3/h;;;;;;;;;;;;;;;7*(H,2,3)/q12*-1;;;+6;;;;;;;/p-1. The summed E-state index contributed by atoms with van der Waals surface area (Å²) < 4.78 is 0. The molecule has 36 heteroatoms. The Kier molecular flexibility index (Phi) is 66700. The van der Waals surface area contributed by atoms with E-state index in [2.05, 4.69) is 0 Å². The summed E-state index contributed by atoms with van der Waals surface area (Å²) in [7, 11) is 0. The predicted octanol–water partition coefficient (Wildman–Crippen LogP) is 2.25. The van der Waals surface area contributed by atoms with Crippen LogP contribution in [0.4, 0.5) is 0 Å². The second kappa shape index (κ2) is 16600. The zero-order valence-corrected chi connectivity index (χ0v) is 24.7. The normalized spacial score (nSPS) is 2.25. The molecule has 33 nitrogen and oxygen atoms in total. The van der Waals surface area contributed by atoms with Crippen LogP contribution in [-0.2, 0) is 50.6 Å². The third kappa shape index (κ3) is 632. The molecule has 0 aliphatic heterocycles. The maximum Gasteiger partial charge on any atom is 6.00 e. The first-order valence-corrected chi connectivity index (χ1v) is 5.34. The molecule has 0 amide bonds. The maximum atomic E-state index is 8.11. The fourth-order valence-electron chi connectivity index (χ4n) is 0. The summed E-state index contributed by atoms with van der Waals surface area (Å²) in [5, 5.41) is 131. The van der Waals surface area contributed by atoms with Gasteiger partial charge in [-0.3, -0.25) is 0 Å². The van der Waals surface area contributed by atoms with Gasteiger partial charge in [-0.2, -0.15) is 0 Å². The van der Waals surface area contributed by atoms with Gasteiger partial charge in [0.25, 0.3) is 0 Å². The molecule has 0 aromatic rings. The van der Waals surface area contributed by atoms with Crippen LogP contribution in [0.25, 0.3) is 0 Å². The Morgan fingerprint density at radius 3 is 0.292 bits per heavy atom. The van der Waals surface area contributed by atoms with Gasteiger partial charge in [-0.25, -0.2) is 0 Å². The summed E-state index contributed by atoms with van der Waals surface area (Å²) in [6, 6.07) is 0. The second-order valence-electron chi connectivity index (χ2n) is 0.564. The first-order valence-electron chi connectivity index (χ1n) is 5.34. The molecule has 0 aromatic heterocycles. The van der Waals surface area contributed by atoms with E-state index in [4.69, 9.17) is 213 Å². The predicted molar refractivity (Wildman–Crippen MR) is 114 cm³/mol. The van der Waals surface area contributed by atoms with E-state index < -0.39 is 0 Å². The first-order chi connectivity index (χ1) is 21.9. The van der Waals surface area contributed by atoms with E-state index in [1.165, 1.54) is 32.0 Å². The molecule has 2 radical (unpaired) electrons. The van der Waals surface area contributed by atoms with E-state index in [0.717, 1.165) is 5.34 Å². The smallest absolute Gasteiger partial charge is 0.512 e. The van der Waals surface area contributed by atoms with E-state index in [0.29, 0.717) is 0 Å². The van der Waals surface area contributed by atoms with E-state index in [1.807, 2.05) is 0 Å². The largest absolute Gasteiger partial charge is 6.00 e. The van der Waals surface area contributed by atoms with Gasteiger partial charge in [-0.1, -0.05) is 0 Å². The van der Waals surface area contributed by atoms with Crippen LogP contribution in [0.1, 0.15) is 0 Å². The van der Waals surface area contributed by atoms with Gasteiger partial charge in [0.05, 0.1) is 0 Å². The van der Waals surface area contributed by atoms with Gasteiger partial charge in [0.1, 0.15) is 0 Å². The van der Waals surface area contributed by atoms with E-state index in [9.17, 15) is 0 Å². The fraction of sp³-hybridized carbons (Fsp3) is 0. The molecule has 0 spiro atoms. The van der Waals surface area contributed by atoms with Crippen molar-refractivity contribution in [1.82, 2.24) is 0 Å². The average molecular weight is 814 g/mol. The molecule has 0 unspecified atom stereocenters. The molecular weight excluding hydrogens is 808 g/mol. The molecule has 0 aliphatic carbocycles. The van der Waals surface area contributed by atoms with Crippen LogP contribution >= 0.6 is 0 Å². The third-order valence-corrected chi connectivity index (χ3v) is 0. The molecule has 0 saturated carbocycles. The molecule has 266 valence electrons. The van der Waals surface area contributed by atoms with Gasteiger partial charge in [-0.05, 0) is 0 Å². The van der Waals surface area contributed by atoms with Crippen LogP contribution in [0.2, 0.25) is 0 Å². The second-order valence-corrected chi connectivity index (χ2v) is 0.564. The fourth-order valence-corrected chi connectivity index (χ4v) is 0. The molecular formula is C12H6Co2FeN19O14-7. The van der Waals surface area contributed by atoms with Crippen LogP contribution in [0.15, 0.2) is 37.4 Å². The molecule has 0 rings (SSSR count). The van der Waals surface area contributed by atoms with Crippen molar-refractivity contribution in [3.8, 4) is 0 Å². The number of hydrogen-bond donors (Lipinski definition) is 6. The Labute approximate surface area is 300 Å². The Balaban J connectivity index is -0.00000000744. The average Bonchev–Trinajstić information content (AvgIpc) is 3.14. The van der Waals surface area contributed by atoms with Gasteiger partial charge < -0.3 is 183 Å². The summed E-state index contributed by atoms with van der Waals surface area (Å²) >= 11 is 0. The molecule has 0 aromatic carbocycles. The zero-order chi connectivity index (χ0) is 42.9. The Bertz CT molecular complexity index is 495. The Hall–Kier alpha value is -8.79. The van der Waals surface area contributed by atoms with Crippen LogP contribution in [0.5, 0.6) is 0 Å². The monoisotopic (exact) mass is 814 g/mol. The molecule has 0 aliphatic rings. The van der Waals surface area contributed by atoms with Gasteiger partial charge in [0.2, 0.25) is 0 Å². The molecule has 0 bridgehead atoms. The van der Waals surface area contributed by atoms with Gasteiger partial charge in [-0.15, -0.1) is 34.8 Å². The molecule has 6 N–H and O–H groups in total. The summed E-state index contributed by atoms with van der Waals surface area (Å²) in [5.74, 6) is 0. The Morgan fingerprint density at radius 2 is 0.292 bits per heavy atom. The number of nitrogens with zero attached hydrogens (tertiary/aromatic N) is 19. The third-order valence-electron chi connectivity index (χ3n) is 0. The molecule has 0 atom stereocenters. The van der Waals surface area contributed by atoms with Crippen molar-refractivity contribution in [2.75, 3.05) is 0 Å². The molecule has 0 saturated heterocycles. The van der Waals surface area contributed by atoms with Crippen molar-refractivity contribution in [3.63, 3.8) is 0 Å². The molecule has 0 fully saturated rings. The van der Waals surface area contributed by atoms with Crippen LogP contribution in [0, 0.1) is 182 Å². The topological polar surface area (TPSA) is 636 Å². The summed E-state index contributed by atoms with van der Waals surface area (Å²) in [6.07, 6.45) is 0. The van der Waals surface area contributed by atoms with E-state index in [1.54, 1.807) is 0 Å². The van der Waals surface area contributed by atoms with E-state index in [-0.39, 0.29) is 50.6 Å². The van der Waals surface area contributed by atoms with Gasteiger partial charge >= 0.3 is 17.1 Å². The van der Waals surface area contributed by atoms with E-state index >= 15 is 0 Å². The summed E-state index contributed by atoms with van der Waals surface area (Å²) in [6.45, 7) is 57.0. The van der Waals surface area contributed by atoms with Crippen LogP contribution in [0.3, 0.4) is 0 Å². The van der Waals surface area contributed by atoms with Crippen molar-refractivity contribution >= 4 is 0 Å². The Morgan fingerprint density at radius 1 is 0.292 bits per heavy atom. The van der Waals surface area contributed by atoms with Crippen molar-refractivity contribution in [1.29, 1.82) is 63.1 Å². The minimum Gasteiger partial charge on any atom is -0.512 e. The van der Waals surface area contributed by atoms with Gasteiger partial charge in [0, 0.05) is 33.6 Å². The summed E-state index contributed by atoms with van der Waals surface area (Å²) in [5.41, 5.74) is 0. The van der Waals surface area contributed by atoms with Gasteiger partial charge in [0.15, 0.2) is 32.0 Å². The summed E-state index contributed by atoms with van der Waals surface area (Å²) in [4.78, 5) is 56.7. The van der Waals surface area contributed by atoms with Crippen molar-refractivity contribution < 1.29 is 81.9 Å². The first kappa shape index (κ1) is 193. The number of hydrogen-bond acceptors (Lipinski definition) is 27.